The van der Waals surface area contributed by atoms with E-state index in [9.17, 15) is 10.1 Å². The molecule has 0 saturated carbocycles. The third-order valence-electron chi connectivity index (χ3n) is 3.04. The van der Waals surface area contributed by atoms with E-state index >= 15 is 0 Å². The fourth-order valence-electron chi connectivity index (χ4n) is 1.91. The van der Waals surface area contributed by atoms with Crippen LogP contribution in [0.5, 0.6) is 5.88 Å². The summed E-state index contributed by atoms with van der Waals surface area (Å²) in [6.45, 7) is 1.33. The molecule has 2 heterocycles. The van der Waals surface area contributed by atoms with Gasteiger partial charge >= 0.3 is 0 Å². The van der Waals surface area contributed by atoms with Crippen molar-refractivity contribution in [3.8, 4) is 23.1 Å². The summed E-state index contributed by atoms with van der Waals surface area (Å²) in [5, 5.41) is 9.25. The fraction of sp³-hybridized carbons (Fsp3) is 0.294. The number of aromatic nitrogens is 2. The molecule has 0 fully saturated rings. The minimum Gasteiger partial charge on any atom is -0.477 e. The number of ether oxygens (including phenoxy) is 2. The maximum atomic E-state index is 10.1. The number of pyridine rings is 2. The van der Waals surface area contributed by atoms with Gasteiger partial charge in [0.15, 0.2) is 0 Å². The number of carbonyl (C=O) groups excluding carboxylic acids is 1. The molecule has 2 rings (SSSR count). The molecule has 0 aliphatic rings. The summed E-state index contributed by atoms with van der Waals surface area (Å²) in [6, 6.07) is 7.56. The van der Waals surface area contributed by atoms with Gasteiger partial charge in [0.2, 0.25) is 5.88 Å². The third kappa shape index (κ3) is 5.16. The summed E-state index contributed by atoms with van der Waals surface area (Å²) in [4.78, 5) is 18.3. The number of hydrogen-bond acceptors (Lipinski definition) is 6. The first-order valence-electron chi connectivity index (χ1n) is 7.30. The Balaban J connectivity index is 1.90. The van der Waals surface area contributed by atoms with Crippen LogP contribution in [-0.2, 0) is 9.53 Å². The average molecular weight is 311 g/mol. The molecule has 0 unspecified atom stereocenters. The highest BCUT2D eigenvalue weighted by Gasteiger charge is 2.08. The molecule has 0 bridgehead atoms. The zero-order valence-corrected chi connectivity index (χ0v) is 12.6. The summed E-state index contributed by atoms with van der Waals surface area (Å²) in [6.07, 6.45) is 6.94. The van der Waals surface area contributed by atoms with Gasteiger partial charge in [0.1, 0.15) is 17.9 Å². The van der Waals surface area contributed by atoms with E-state index in [0.717, 1.165) is 17.4 Å². The van der Waals surface area contributed by atoms with E-state index in [4.69, 9.17) is 9.47 Å². The quantitative estimate of drug-likeness (QED) is 0.522. The first-order chi connectivity index (χ1) is 11.3. The molecular weight excluding hydrogens is 294 g/mol. The standard InChI is InChI=1S/C17H17N3O3/c18-12-15-11-16(14-3-5-19-6-4-14)13-20-17(15)23-10-2-9-22-8-1-7-21/h3-7,11,13H,1-2,8-10H2. The molecule has 0 amide bonds. The van der Waals surface area contributed by atoms with Crippen LogP contribution in [0.4, 0.5) is 0 Å². The fourth-order valence-corrected chi connectivity index (χ4v) is 1.91. The van der Waals surface area contributed by atoms with E-state index in [1.807, 2.05) is 12.1 Å². The second-order valence-corrected chi connectivity index (χ2v) is 4.69. The summed E-state index contributed by atoms with van der Waals surface area (Å²) >= 11 is 0. The molecule has 0 spiro atoms. The molecule has 2 aromatic rings. The third-order valence-corrected chi connectivity index (χ3v) is 3.04. The molecule has 0 saturated heterocycles. The van der Waals surface area contributed by atoms with E-state index in [-0.39, 0.29) is 0 Å². The molecule has 0 N–H and O–H groups in total. The topological polar surface area (TPSA) is 85.1 Å². The zero-order valence-electron chi connectivity index (χ0n) is 12.6. The van der Waals surface area contributed by atoms with Gasteiger partial charge in [-0.15, -0.1) is 0 Å². The average Bonchev–Trinajstić information content (AvgIpc) is 2.61. The normalized spacial score (nSPS) is 10.0. The van der Waals surface area contributed by atoms with Gasteiger partial charge in [-0.2, -0.15) is 5.26 Å². The first kappa shape index (κ1) is 16.6. The predicted molar refractivity (Wildman–Crippen MR) is 83.8 cm³/mol. The van der Waals surface area contributed by atoms with Crippen LogP contribution < -0.4 is 4.74 Å². The van der Waals surface area contributed by atoms with E-state index in [1.165, 1.54) is 0 Å². The van der Waals surface area contributed by atoms with E-state index in [1.54, 1.807) is 24.7 Å². The Morgan fingerprint density at radius 1 is 1.17 bits per heavy atom. The first-order valence-corrected chi connectivity index (χ1v) is 7.30. The lowest BCUT2D eigenvalue weighted by molar-refractivity contribution is -0.108. The molecular formula is C17H17N3O3. The van der Waals surface area contributed by atoms with Gasteiger partial charge in [-0.3, -0.25) is 4.98 Å². The maximum Gasteiger partial charge on any atom is 0.231 e. The lowest BCUT2D eigenvalue weighted by Crippen LogP contribution is -2.06. The minimum absolute atomic E-state index is 0.318. The Bertz CT molecular complexity index is 669. The van der Waals surface area contributed by atoms with Gasteiger partial charge in [0.05, 0.1) is 13.2 Å². The van der Waals surface area contributed by atoms with Gasteiger partial charge in [0, 0.05) is 43.6 Å². The summed E-state index contributed by atoms with van der Waals surface area (Å²) in [7, 11) is 0. The number of hydrogen-bond donors (Lipinski definition) is 0. The van der Waals surface area contributed by atoms with E-state index in [2.05, 4.69) is 16.0 Å². The molecule has 2 aromatic heterocycles. The van der Waals surface area contributed by atoms with Crippen LogP contribution in [0.1, 0.15) is 18.4 Å². The van der Waals surface area contributed by atoms with Gasteiger partial charge in [0.25, 0.3) is 0 Å². The van der Waals surface area contributed by atoms with Crippen molar-refractivity contribution < 1.29 is 14.3 Å². The van der Waals surface area contributed by atoms with Crippen molar-refractivity contribution in [2.24, 2.45) is 0 Å². The second-order valence-electron chi connectivity index (χ2n) is 4.69. The number of nitriles is 1. The van der Waals surface area contributed by atoms with E-state index < -0.39 is 0 Å². The number of nitrogens with zero attached hydrogens (tertiary/aromatic N) is 3. The Kier molecular flexibility index (Phi) is 6.69. The Morgan fingerprint density at radius 3 is 2.74 bits per heavy atom. The molecule has 6 heteroatoms. The number of rotatable bonds is 9. The molecule has 6 nitrogen and oxygen atoms in total. The molecule has 23 heavy (non-hydrogen) atoms. The van der Waals surface area contributed by atoms with Crippen LogP contribution in [0.3, 0.4) is 0 Å². The predicted octanol–water partition coefficient (Wildman–Crippen LogP) is 2.39. The van der Waals surface area contributed by atoms with Crippen LogP contribution >= 0.6 is 0 Å². The van der Waals surface area contributed by atoms with Gasteiger partial charge < -0.3 is 14.3 Å². The van der Waals surface area contributed by atoms with Crippen molar-refractivity contribution >= 4 is 6.29 Å². The summed E-state index contributed by atoms with van der Waals surface area (Å²) in [5.41, 5.74) is 2.17. The highest BCUT2D eigenvalue weighted by Crippen LogP contribution is 2.23. The summed E-state index contributed by atoms with van der Waals surface area (Å²) in [5.74, 6) is 0.318. The maximum absolute atomic E-state index is 10.1. The molecule has 0 aliphatic heterocycles. The summed E-state index contributed by atoms with van der Waals surface area (Å²) < 4.78 is 10.8. The van der Waals surface area contributed by atoms with Crippen LogP contribution in [-0.4, -0.2) is 36.1 Å². The van der Waals surface area contributed by atoms with Crippen molar-refractivity contribution in [2.45, 2.75) is 12.8 Å². The van der Waals surface area contributed by atoms with Crippen LogP contribution in [0, 0.1) is 11.3 Å². The van der Waals surface area contributed by atoms with Crippen molar-refractivity contribution in [1.82, 2.24) is 9.97 Å². The lowest BCUT2D eigenvalue weighted by Gasteiger charge is -2.08. The Morgan fingerprint density at radius 2 is 2.00 bits per heavy atom. The van der Waals surface area contributed by atoms with E-state index in [0.29, 0.717) is 44.1 Å². The van der Waals surface area contributed by atoms with Crippen molar-refractivity contribution in [3.05, 3.63) is 42.4 Å². The second kappa shape index (κ2) is 9.28. The highest BCUT2D eigenvalue weighted by molar-refractivity contribution is 5.64. The van der Waals surface area contributed by atoms with Gasteiger partial charge in [-0.05, 0) is 23.8 Å². The van der Waals surface area contributed by atoms with Gasteiger partial charge in [-0.1, -0.05) is 0 Å². The van der Waals surface area contributed by atoms with Crippen LogP contribution in [0.15, 0.2) is 36.8 Å². The van der Waals surface area contributed by atoms with Crippen molar-refractivity contribution in [2.75, 3.05) is 19.8 Å². The molecule has 118 valence electrons. The smallest absolute Gasteiger partial charge is 0.231 e. The largest absolute Gasteiger partial charge is 0.477 e. The Labute approximate surface area is 134 Å². The van der Waals surface area contributed by atoms with Crippen LogP contribution in [0.25, 0.3) is 11.1 Å². The SMILES string of the molecule is N#Cc1cc(-c2ccncc2)cnc1OCCCOCCC=O. The molecule has 0 atom stereocenters. The molecule has 0 aliphatic carbocycles. The Hall–Kier alpha value is -2.78. The lowest BCUT2D eigenvalue weighted by atomic mass is 10.1. The number of carbonyl (C=O) groups is 1. The van der Waals surface area contributed by atoms with Gasteiger partial charge in [-0.25, -0.2) is 4.98 Å². The molecule has 0 aromatic carbocycles. The number of aldehydes is 1. The highest BCUT2D eigenvalue weighted by atomic mass is 16.5. The monoisotopic (exact) mass is 311 g/mol. The van der Waals surface area contributed by atoms with Crippen molar-refractivity contribution in [1.29, 1.82) is 5.26 Å². The van der Waals surface area contributed by atoms with Crippen LogP contribution in [0.2, 0.25) is 0 Å². The minimum atomic E-state index is 0.318. The molecule has 0 radical (unpaired) electrons. The zero-order chi connectivity index (χ0) is 16.3. The van der Waals surface area contributed by atoms with Crippen molar-refractivity contribution in [3.63, 3.8) is 0 Å².